The van der Waals surface area contributed by atoms with Crippen molar-refractivity contribution in [1.29, 1.82) is 0 Å². The lowest BCUT2D eigenvalue weighted by molar-refractivity contribution is 0.102. The van der Waals surface area contributed by atoms with Gasteiger partial charge in [-0.3, -0.25) is 0 Å². The molecule has 1 saturated carbocycles. The van der Waals surface area contributed by atoms with E-state index in [-0.39, 0.29) is 0 Å². The van der Waals surface area contributed by atoms with Crippen LogP contribution in [0.3, 0.4) is 0 Å². The molecule has 0 bridgehead atoms. The van der Waals surface area contributed by atoms with Crippen LogP contribution in [0.4, 0.5) is 0 Å². The maximum absolute atomic E-state index is 6.60. The summed E-state index contributed by atoms with van der Waals surface area (Å²) in [7, 11) is 0. The molecule has 2 aromatic carbocycles. The normalized spacial score (nSPS) is 20.5. The van der Waals surface area contributed by atoms with Crippen molar-refractivity contribution in [3.8, 4) is 22.4 Å². The van der Waals surface area contributed by atoms with E-state index in [1.807, 2.05) is 24.3 Å². The van der Waals surface area contributed by atoms with Crippen LogP contribution in [0.15, 0.2) is 73.3 Å². The zero-order valence-corrected chi connectivity index (χ0v) is 18.5. The molecular formula is C27H26ClN3. The molecule has 0 spiro atoms. The highest BCUT2D eigenvalue weighted by molar-refractivity contribution is 6.33. The minimum atomic E-state index is 0.331. The Hall–Kier alpha value is -2.91. The second kappa shape index (κ2) is 7.97. The Morgan fingerprint density at radius 1 is 1.03 bits per heavy atom. The van der Waals surface area contributed by atoms with Gasteiger partial charge < -0.3 is 4.98 Å². The zero-order chi connectivity index (χ0) is 21.4. The van der Waals surface area contributed by atoms with E-state index in [0.29, 0.717) is 16.4 Å². The number of aromatic amines is 1. The third-order valence-corrected chi connectivity index (χ3v) is 7.04. The van der Waals surface area contributed by atoms with Gasteiger partial charge >= 0.3 is 0 Å². The molecule has 0 atom stereocenters. The Morgan fingerprint density at radius 3 is 2.39 bits per heavy atom. The maximum Gasteiger partial charge on any atom is 0.178 e. The molecule has 156 valence electrons. The average Bonchev–Trinajstić information content (AvgIpc) is 3.17. The second-order valence-corrected chi connectivity index (χ2v) is 9.12. The topological polar surface area (TPSA) is 41.6 Å². The van der Waals surface area contributed by atoms with E-state index in [0.717, 1.165) is 41.1 Å². The van der Waals surface area contributed by atoms with E-state index >= 15 is 0 Å². The molecule has 2 heterocycles. The van der Waals surface area contributed by atoms with Crippen LogP contribution < -0.4 is 0 Å². The predicted octanol–water partition coefficient (Wildman–Crippen LogP) is 7.48. The van der Waals surface area contributed by atoms with Gasteiger partial charge in [0.15, 0.2) is 5.65 Å². The standard InChI is InChI=1S/C27H26ClN3/c1-3-27(4-2)16-18(17-27)14-24-29-23-15-22(28)25(31-26(23)30-24)21-12-10-20(11-13-21)19-8-6-5-7-9-19/h3,5-13,15,18H,1,4,14,16-17H2,2H3,(H,29,30,31). The first-order chi connectivity index (χ1) is 15.1. The first-order valence-corrected chi connectivity index (χ1v) is 11.3. The van der Waals surface area contributed by atoms with E-state index in [9.17, 15) is 0 Å². The van der Waals surface area contributed by atoms with E-state index in [2.05, 4.69) is 61.0 Å². The molecule has 4 heteroatoms. The monoisotopic (exact) mass is 427 g/mol. The van der Waals surface area contributed by atoms with E-state index in [1.165, 1.54) is 24.0 Å². The number of H-pyrrole nitrogens is 1. The van der Waals surface area contributed by atoms with Crippen molar-refractivity contribution in [3.63, 3.8) is 0 Å². The summed E-state index contributed by atoms with van der Waals surface area (Å²) >= 11 is 6.60. The summed E-state index contributed by atoms with van der Waals surface area (Å²) < 4.78 is 0. The highest BCUT2D eigenvalue weighted by atomic mass is 35.5. The van der Waals surface area contributed by atoms with Gasteiger partial charge in [-0.15, -0.1) is 6.58 Å². The minimum Gasteiger partial charge on any atom is -0.341 e. The minimum absolute atomic E-state index is 0.331. The Kier molecular flexibility index (Phi) is 5.15. The third-order valence-electron chi connectivity index (χ3n) is 6.75. The molecule has 1 fully saturated rings. The fraction of sp³-hybridized carbons (Fsp3) is 0.259. The number of allylic oxidation sites excluding steroid dienone is 1. The number of halogens is 1. The van der Waals surface area contributed by atoms with Crippen LogP contribution in [0.5, 0.6) is 0 Å². The zero-order valence-electron chi connectivity index (χ0n) is 17.7. The number of aromatic nitrogens is 3. The number of nitrogens with one attached hydrogen (secondary N) is 1. The molecule has 31 heavy (non-hydrogen) atoms. The lowest BCUT2D eigenvalue weighted by Gasteiger charge is -2.45. The highest BCUT2D eigenvalue weighted by Crippen LogP contribution is 2.50. The van der Waals surface area contributed by atoms with Crippen LogP contribution in [0.25, 0.3) is 33.5 Å². The molecule has 3 nitrogen and oxygen atoms in total. The van der Waals surface area contributed by atoms with E-state index in [4.69, 9.17) is 21.6 Å². The molecule has 0 saturated heterocycles. The molecule has 4 aromatic rings. The second-order valence-electron chi connectivity index (χ2n) is 8.72. The Bertz CT molecular complexity index is 1220. The smallest absolute Gasteiger partial charge is 0.178 e. The number of rotatable bonds is 6. The van der Waals surface area contributed by atoms with Gasteiger partial charge in [0, 0.05) is 12.0 Å². The molecule has 0 amide bonds. The van der Waals surface area contributed by atoms with Crippen LogP contribution in [0.2, 0.25) is 5.02 Å². The van der Waals surface area contributed by atoms with Crippen molar-refractivity contribution in [2.45, 2.75) is 32.6 Å². The largest absolute Gasteiger partial charge is 0.341 e. The van der Waals surface area contributed by atoms with Gasteiger partial charge in [0.2, 0.25) is 0 Å². The van der Waals surface area contributed by atoms with Crippen molar-refractivity contribution in [3.05, 3.63) is 84.2 Å². The fourth-order valence-corrected chi connectivity index (χ4v) is 5.09. The number of pyridine rings is 1. The van der Waals surface area contributed by atoms with Gasteiger partial charge in [0.25, 0.3) is 0 Å². The molecule has 0 radical (unpaired) electrons. The van der Waals surface area contributed by atoms with Crippen molar-refractivity contribution in [1.82, 2.24) is 15.0 Å². The van der Waals surface area contributed by atoms with Gasteiger partial charge in [0.1, 0.15) is 5.82 Å². The first-order valence-electron chi connectivity index (χ1n) is 10.9. The Balaban J connectivity index is 1.38. The van der Waals surface area contributed by atoms with E-state index in [1.54, 1.807) is 0 Å². The predicted molar refractivity (Wildman–Crippen MR) is 129 cm³/mol. The van der Waals surface area contributed by atoms with Crippen LogP contribution in [0.1, 0.15) is 32.0 Å². The van der Waals surface area contributed by atoms with Crippen molar-refractivity contribution in [2.24, 2.45) is 11.3 Å². The summed E-state index contributed by atoms with van der Waals surface area (Å²) in [5, 5.41) is 0.635. The highest BCUT2D eigenvalue weighted by Gasteiger charge is 2.40. The summed E-state index contributed by atoms with van der Waals surface area (Å²) in [6.45, 7) is 6.27. The van der Waals surface area contributed by atoms with Crippen molar-refractivity contribution < 1.29 is 0 Å². The van der Waals surface area contributed by atoms with Gasteiger partial charge in [-0.2, -0.15) is 0 Å². The number of nitrogens with zero attached hydrogens (tertiary/aromatic N) is 2. The van der Waals surface area contributed by atoms with Crippen LogP contribution in [-0.4, -0.2) is 15.0 Å². The SMILES string of the molecule is C=CC1(CC)CC(Cc2nc3nc(-c4ccc(-c5ccccc5)cc4)c(Cl)cc3[nH]2)C1. The van der Waals surface area contributed by atoms with E-state index < -0.39 is 0 Å². The summed E-state index contributed by atoms with van der Waals surface area (Å²) in [6.07, 6.45) is 6.63. The summed E-state index contributed by atoms with van der Waals surface area (Å²) in [5.74, 6) is 1.65. The summed E-state index contributed by atoms with van der Waals surface area (Å²) in [5.41, 5.74) is 6.09. The number of hydrogen-bond acceptors (Lipinski definition) is 2. The number of imidazole rings is 1. The fourth-order valence-electron chi connectivity index (χ4n) is 4.83. The molecule has 1 N–H and O–H groups in total. The molecule has 5 rings (SSSR count). The average molecular weight is 428 g/mol. The van der Waals surface area contributed by atoms with Crippen molar-refractivity contribution in [2.75, 3.05) is 0 Å². The van der Waals surface area contributed by atoms with Crippen LogP contribution >= 0.6 is 11.6 Å². The Morgan fingerprint density at radius 2 is 1.71 bits per heavy atom. The first kappa shape index (κ1) is 20.0. The lowest BCUT2D eigenvalue weighted by Crippen LogP contribution is -2.36. The van der Waals surface area contributed by atoms with Gasteiger partial charge in [0.05, 0.1) is 16.2 Å². The van der Waals surface area contributed by atoms with Crippen molar-refractivity contribution >= 4 is 22.8 Å². The quantitative estimate of drug-likeness (QED) is 0.324. The summed E-state index contributed by atoms with van der Waals surface area (Å²) in [6, 6.07) is 20.7. The lowest BCUT2D eigenvalue weighted by atomic mass is 9.60. The van der Waals surface area contributed by atoms with Gasteiger partial charge in [-0.1, -0.05) is 79.2 Å². The molecule has 0 unspecified atom stereocenters. The molecule has 2 aromatic heterocycles. The number of benzene rings is 2. The maximum atomic E-state index is 6.60. The molecule has 1 aliphatic carbocycles. The number of fused-ring (bicyclic) bond motifs is 1. The summed E-state index contributed by atoms with van der Waals surface area (Å²) in [4.78, 5) is 13.0. The molecular weight excluding hydrogens is 402 g/mol. The van der Waals surface area contributed by atoms with Crippen LogP contribution in [0, 0.1) is 11.3 Å². The number of hydrogen-bond donors (Lipinski definition) is 1. The Labute approximate surface area is 188 Å². The van der Waals surface area contributed by atoms with Gasteiger partial charge in [-0.05, 0) is 47.8 Å². The third kappa shape index (κ3) is 3.79. The molecule has 0 aliphatic heterocycles. The van der Waals surface area contributed by atoms with Crippen LogP contribution in [-0.2, 0) is 6.42 Å². The molecule has 1 aliphatic rings. The van der Waals surface area contributed by atoms with Gasteiger partial charge in [-0.25, -0.2) is 9.97 Å².